The zero-order valence-electron chi connectivity index (χ0n) is 10.3. The number of carbonyl (C=O) groups excluding carboxylic acids is 2. The number of carboxylic acid groups (broad SMARTS) is 1. The van der Waals surface area contributed by atoms with Gasteiger partial charge >= 0.3 is 12.0 Å². The van der Waals surface area contributed by atoms with Crippen LogP contribution in [0.4, 0.5) is 4.79 Å². The van der Waals surface area contributed by atoms with Gasteiger partial charge in [0.15, 0.2) is 0 Å². The summed E-state index contributed by atoms with van der Waals surface area (Å²) in [4.78, 5) is 35.1. The van der Waals surface area contributed by atoms with Crippen LogP contribution in [0.3, 0.4) is 0 Å². The molecule has 2 heterocycles. The van der Waals surface area contributed by atoms with E-state index < -0.39 is 24.1 Å². The van der Waals surface area contributed by atoms with E-state index in [1.807, 2.05) is 0 Å². The van der Waals surface area contributed by atoms with E-state index in [-0.39, 0.29) is 24.9 Å². The van der Waals surface area contributed by atoms with Gasteiger partial charge in [0.2, 0.25) is 5.91 Å². The molecule has 8 nitrogen and oxygen atoms in total. The predicted molar refractivity (Wildman–Crippen MR) is 63.3 cm³/mol. The van der Waals surface area contributed by atoms with E-state index in [1.54, 1.807) is 0 Å². The molecular weight excluding hydrogens is 254 g/mol. The monoisotopic (exact) mass is 271 g/mol. The third-order valence-corrected chi connectivity index (χ3v) is 3.42. The van der Waals surface area contributed by atoms with Gasteiger partial charge in [-0.1, -0.05) is 0 Å². The number of likely N-dealkylation sites (tertiary alicyclic amines) is 1. The number of aliphatic hydroxyl groups is 1. The van der Waals surface area contributed by atoms with Crippen LogP contribution in [0.25, 0.3) is 0 Å². The summed E-state index contributed by atoms with van der Waals surface area (Å²) in [6.45, 7) is 0.362. The van der Waals surface area contributed by atoms with E-state index in [0.29, 0.717) is 19.4 Å². The normalized spacial score (nSPS) is 30.9. The third kappa shape index (κ3) is 3.14. The molecule has 2 aliphatic rings. The number of rotatable bonds is 2. The van der Waals surface area contributed by atoms with E-state index in [4.69, 9.17) is 5.11 Å². The maximum absolute atomic E-state index is 12.0. The van der Waals surface area contributed by atoms with Crippen molar-refractivity contribution in [2.45, 2.75) is 37.5 Å². The maximum atomic E-state index is 12.0. The molecule has 0 aromatic heterocycles. The Bertz CT molecular complexity index is 390. The van der Waals surface area contributed by atoms with E-state index in [0.717, 1.165) is 4.90 Å². The summed E-state index contributed by atoms with van der Waals surface area (Å²) in [7, 11) is 0. The lowest BCUT2D eigenvalue weighted by molar-refractivity contribution is -0.141. The van der Waals surface area contributed by atoms with Gasteiger partial charge in [-0.05, 0) is 6.42 Å². The smallest absolute Gasteiger partial charge is 0.326 e. The number of piperidine rings is 1. The van der Waals surface area contributed by atoms with Crippen molar-refractivity contribution in [1.82, 2.24) is 15.5 Å². The van der Waals surface area contributed by atoms with Crippen molar-refractivity contribution in [3.05, 3.63) is 0 Å². The van der Waals surface area contributed by atoms with Gasteiger partial charge in [0, 0.05) is 32.0 Å². The quantitative estimate of drug-likeness (QED) is 0.487. The number of aliphatic hydroxyl groups excluding tert-OH is 1. The highest BCUT2D eigenvalue weighted by Gasteiger charge is 2.39. The highest BCUT2D eigenvalue weighted by Crippen LogP contribution is 2.18. The molecule has 0 radical (unpaired) electrons. The Hall–Kier alpha value is -1.83. The first kappa shape index (κ1) is 13.6. The zero-order chi connectivity index (χ0) is 14.0. The van der Waals surface area contributed by atoms with Crippen molar-refractivity contribution in [3.8, 4) is 0 Å². The summed E-state index contributed by atoms with van der Waals surface area (Å²) in [6, 6.07) is -1.70. The van der Waals surface area contributed by atoms with Crippen molar-refractivity contribution in [3.63, 3.8) is 0 Å². The largest absolute Gasteiger partial charge is 0.480 e. The van der Waals surface area contributed by atoms with E-state index in [9.17, 15) is 19.5 Å². The number of nitrogens with one attached hydrogen (secondary N) is 2. The number of amides is 3. The fourth-order valence-corrected chi connectivity index (χ4v) is 2.39. The Kier molecular flexibility index (Phi) is 3.89. The van der Waals surface area contributed by atoms with Crippen LogP contribution >= 0.6 is 0 Å². The maximum Gasteiger partial charge on any atom is 0.326 e. The average Bonchev–Trinajstić information content (AvgIpc) is 2.74. The molecular formula is C11H17N3O5. The number of hydrogen-bond donors (Lipinski definition) is 4. The lowest BCUT2D eigenvalue weighted by atomic mass is 10.1. The molecule has 1 unspecified atom stereocenters. The molecule has 0 spiro atoms. The topological polar surface area (TPSA) is 119 Å². The van der Waals surface area contributed by atoms with Crippen LogP contribution in [0, 0.1) is 0 Å². The number of aliphatic carboxylic acids is 1. The zero-order valence-corrected chi connectivity index (χ0v) is 10.3. The second kappa shape index (κ2) is 5.43. The van der Waals surface area contributed by atoms with Crippen LogP contribution in [0.2, 0.25) is 0 Å². The lowest BCUT2D eigenvalue weighted by Gasteiger charge is -2.28. The van der Waals surface area contributed by atoms with Crippen molar-refractivity contribution >= 4 is 17.9 Å². The second-order valence-electron chi connectivity index (χ2n) is 4.89. The Labute approximate surface area is 109 Å². The van der Waals surface area contributed by atoms with Crippen molar-refractivity contribution in [2.75, 3.05) is 13.1 Å². The molecule has 3 atom stereocenters. The number of urea groups is 1. The van der Waals surface area contributed by atoms with E-state index >= 15 is 0 Å². The Morgan fingerprint density at radius 2 is 2.16 bits per heavy atom. The number of hydrogen-bond acceptors (Lipinski definition) is 4. The van der Waals surface area contributed by atoms with Gasteiger partial charge < -0.3 is 25.7 Å². The average molecular weight is 271 g/mol. The van der Waals surface area contributed by atoms with Crippen LogP contribution in [-0.4, -0.2) is 64.3 Å². The first-order valence-electron chi connectivity index (χ1n) is 6.22. The molecule has 3 amide bonds. The van der Waals surface area contributed by atoms with Gasteiger partial charge in [0.25, 0.3) is 0 Å². The molecule has 106 valence electrons. The minimum atomic E-state index is -1.12. The molecule has 8 heteroatoms. The van der Waals surface area contributed by atoms with Gasteiger partial charge in [0.1, 0.15) is 6.04 Å². The van der Waals surface area contributed by atoms with Crippen LogP contribution in [-0.2, 0) is 9.59 Å². The molecule has 4 N–H and O–H groups in total. The lowest BCUT2D eigenvalue weighted by Crippen LogP contribution is -2.53. The third-order valence-electron chi connectivity index (χ3n) is 3.42. The summed E-state index contributed by atoms with van der Waals surface area (Å²) < 4.78 is 0. The summed E-state index contributed by atoms with van der Waals surface area (Å²) >= 11 is 0. The molecule has 2 fully saturated rings. The molecule has 19 heavy (non-hydrogen) atoms. The van der Waals surface area contributed by atoms with E-state index in [1.165, 1.54) is 0 Å². The van der Waals surface area contributed by atoms with Crippen LogP contribution in [0.1, 0.15) is 19.3 Å². The van der Waals surface area contributed by atoms with Gasteiger partial charge in [-0.25, -0.2) is 9.59 Å². The fourth-order valence-electron chi connectivity index (χ4n) is 2.39. The van der Waals surface area contributed by atoms with E-state index in [2.05, 4.69) is 10.6 Å². The second-order valence-corrected chi connectivity index (χ2v) is 4.89. The van der Waals surface area contributed by atoms with Crippen molar-refractivity contribution in [1.29, 1.82) is 0 Å². The van der Waals surface area contributed by atoms with Crippen LogP contribution in [0.15, 0.2) is 0 Å². The van der Waals surface area contributed by atoms with Gasteiger partial charge in [0.05, 0.1) is 6.10 Å². The van der Waals surface area contributed by atoms with Gasteiger partial charge in [-0.3, -0.25) is 4.79 Å². The first-order valence-corrected chi connectivity index (χ1v) is 6.22. The summed E-state index contributed by atoms with van der Waals surface area (Å²) in [6.07, 6.45) is 0.115. The number of nitrogens with zero attached hydrogens (tertiary/aromatic N) is 1. The predicted octanol–water partition coefficient (Wildman–Crippen LogP) is -1.51. The molecule has 2 aliphatic heterocycles. The first-order chi connectivity index (χ1) is 8.97. The highest BCUT2D eigenvalue weighted by atomic mass is 16.4. The Morgan fingerprint density at radius 1 is 1.42 bits per heavy atom. The summed E-state index contributed by atoms with van der Waals surface area (Å²) in [5.41, 5.74) is 0. The molecule has 0 aliphatic carbocycles. The van der Waals surface area contributed by atoms with Gasteiger partial charge in [-0.15, -0.1) is 0 Å². The number of carboxylic acids is 1. The molecule has 2 rings (SSSR count). The Balaban J connectivity index is 1.91. The molecule has 0 aromatic carbocycles. The minimum Gasteiger partial charge on any atom is -0.480 e. The van der Waals surface area contributed by atoms with Crippen LogP contribution in [0.5, 0.6) is 0 Å². The highest BCUT2D eigenvalue weighted by molar-refractivity contribution is 5.84. The summed E-state index contributed by atoms with van der Waals surface area (Å²) in [5, 5.41) is 23.8. The Morgan fingerprint density at radius 3 is 2.74 bits per heavy atom. The fraction of sp³-hybridized carbons (Fsp3) is 0.727. The molecule has 2 saturated heterocycles. The molecule has 0 bridgehead atoms. The number of β-amino-alcohol motifs (C(OH)–C–C–N with tert-alkyl or cyclic N) is 1. The summed E-state index contributed by atoms with van der Waals surface area (Å²) in [5.74, 6) is -1.17. The molecule has 0 aromatic rings. The van der Waals surface area contributed by atoms with Crippen molar-refractivity contribution in [2.24, 2.45) is 0 Å². The standard InChI is InChI=1S/C11H17N3O5/c15-7-3-8(10(17)18)14(5-7)11(19)13-6-1-2-9(16)12-4-6/h6-8,15H,1-5H2,(H,12,16)(H,13,19)(H,17,18)/t6?,7-,8-/m1/s1. The van der Waals surface area contributed by atoms with Crippen molar-refractivity contribution < 1.29 is 24.6 Å². The molecule has 0 saturated carbocycles. The minimum absolute atomic E-state index is 0.0158. The van der Waals surface area contributed by atoms with Gasteiger partial charge in [-0.2, -0.15) is 0 Å². The van der Waals surface area contributed by atoms with Crippen LogP contribution < -0.4 is 10.6 Å². The SMILES string of the molecule is O=C1CCC(NC(=O)N2C[C@H](O)C[C@@H]2C(=O)O)CN1. The number of carbonyl (C=O) groups is 3.